The van der Waals surface area contributed by atoms with E-state index in [9.17, 15) is 0 Å². The van der Waals surface area contributed by atoms with Gasteiger partial charge in [-0.2, -0.15) is 0 Å². The van der Waals surface area contributed by atoms with Gasteiger partial charge in [0.15, 0.2) is 5.96 Å². The van der Waals surface area contributed by atoms with E-state index in [4.69, 9.17) is 23.2 Å². The van der Waals surface area contributed by atoms with Crippen molar-refractivity contribution in [3.63, 3.8) is 0 Å². The van der Waals surface area contributed by atoms with E-state index in [1.165, 1.54) is 4.90 Å². The Morgan fingerprint density at radius 3 is 2.50 bits per heavy atom. The molecule has 0 saturated heterocycles. The van der Waals surface area contributed by atoms with Crippen LogP contribution in [0.15, 0.2) is 52.5 Å². The van der Waals surface area contributed by atoms with E-state index in [0.29, 0.717) is 11.7 Å². The Labute approximate surface area is 173 Å². The van der Waals surface area contributed by atoms with Crippen LogP contribution in [0.25, 0.3) is 0 Å². The van der Waals surface area contributed by atoms with Crippen molar-refractivity contribution in [2.75, 3.05) is 19.3 Å². The number of hydrogen-bond acceptors (Lipinski definition) is 3. The number of benzene rings is 1. The molecule has 0 aliphatic heterocycles. The van der Waals surface area contributed by atoms with Gasteiger partial charge in [-0.15, -0.1) is 35.7 Å². The Morgan fingerprint density at radius 2 is 1.88 bits per heavy atom. The summed E-state index contributed by atoms with van der Waals surface area (Å²) in [6.07, 6.45) is 1.75. The fourth-order valence-electron chi connectivity index (χ4n) is 1.79. The third kappa shape index (κ3) is 7.92. The summed E-state index contributed by atoms with van der Waals surface area (Å²) in [6.45, 7) is 1.46. The number of aliphatic imine (C=N–C) groups is 1. The van der Waals surface area contributed by atoms with Gasteiger partial charge >= 0.3 is 0 Å². The molecule has 0 unspecified atom stereocenters. The van der Waals surface area contributed by atoms with Gasteiger partial charge in [-0.25, -0.2) is 4.98 Å². The molecule has 130 valence electrons. The minimum absolute atomic E-state index is 0. The van der Waals surface area contributed by atoms with E-state index in [2.05, 4.69) is 20.6 Å². The predicted octanol–water partition coefficient (Wildman–Crippen LogP) is 4.46. The van der Waals surface area contributed by atoms with E-state index in [1.807, 2.05) is 30.3 Å². The van der Waals surface area contributed by atoms with Crippen LogP contribution in [0.5, 0.6) is 0 Å². The molecule has 1 heterocycles. The number of nitrogens with zero attached hydrogens (tertiary/aromatic N) is 2. The highest BCUT2D eigenvalue weighted by Crippen LogP contribution is 2.19. The summed E-state index contributed by atoms with van der Waals surface area (Å²) in [5.74, 6) is 1.70. The van der Waals surface area contributed by atoms with Crippen molar-refractivity contribution in [1.29, 1.82) is 0 Å². The number of aromatic nitrogens is 1. The smallest absolute Gasteiger partial charge is 0.191 e. The molecule has 2 N–H and O–H groups in total. The van der Waals surface area contributed by atoms with Gasteiger partial charge in [0.2, 0.25) is 0 Å². The van der Waals surface area contributed by atoms with Gasteiger partial charge in [0.05, 0.1) is 0 Å². The summed E-state index contributed by atoms with van der Waals surface area (Å²) in [7, 11) is 1.75. The molecule has 0 bridgehead atoms. The first-order valence-corrected chi connectivity index (χ1v) is 8.85. The molecule has 8 heteroatoms. The van der Waals surface area contributed by atoms with Crippen molar-refractivity contribution in [3.05, 3.63) is 58.3 Å². The second-order valence-electron chi connectivity index (χ2n) is 4.64. The molecule has 24 heavy (non-hydrogen) atoms. The van der Waals surface area contributed by atoms with Gasteiger partial charge in [0, 0.05) is 42.0 Å². The zero-order valence-corrected chi connectivity index (χ0v) is 17.8. The van der Waals surface area contributed by atoms with Crippen LogP contribution in [0.2, 0.25) is 10.2 Å². The first kappa shape index (κ1) is 21.3. The van der Waals surface area contributed by atoms with Crippen LogP contribution in [0.3, 0.4) is 0 Å². The van der Waals surface area contributed by atoms with Crippen LogP contribution >= 0.6 is 58.9 Å². The molecule has 2 rings (SSSR count). The highest BCUT2D eigenvalue weighted by Gasteiger charge is 2.00. The molecule has 0 aliphatic carbocycles. The maximum absolute atomic E-state index is 5.87. The fraction of sp³-hybridized carbons (Fsp3) is 0.250. The molecule has 0 atom stereocenters. The van der Waals surface area contributed by atoms with E-state index in [-0.39, 0.29) is 24.0 Å². The summed E-state index contributed by atoms with van der Waals surface area (Å²) >= 11 is 13.4. The third-order valence-corrected chi connectivity index (χ3v) is 4.44. The van der Waals surface area contributed by atoms with Crippen LogP contribution in [-0.2, 0) is 6.54 Å². The second-order valence-corrected chi connectivity index (χ2v) is 6.64. The molecule has 0 saturated carbocycles. The minimum atomic E-state index is 0. The van der Waals surface area contributed by atoms with Crippen molar-refractivity contribution in [1.82, 2.24) is 15.6 Å². The molecule has 1 aromatic carbocycles. The number of rotatable bonds is 6. The Balaban J connectivity index is 0.00000288. The van der Waals surface area contributed by atoms with Gasteiger partial charge in [0.25, 0.3) is 0 Å². The topological polar surface area (TPSA) is 49.3 Å². The average molecular weight is 497 g/mol. The van der Waals surface area contributed by atoms with Crippen molar-refractivity contribution < 1.29 is 0 Å². The number of guanidine groups is 1. The van der Waals surface area contributed by atoms with Crippen molar-refractivity contribution in [2.24, 2.45) is 4.99 Å². The fourth-order valence-corrected chi connectivity index (χ4v) is 2.79. The number of hydrogen-bond donors (Lipinski definition) is 2. The minimum Gasteiger partial charge on any atom is -0.356 e. The van der Waals surface area contributed by atoms with Gasteiger partial charge in [0.1, 0.15) is 5.15 Å². The molecule has 0 amide bonds. The lowest BCUT2D eigenvalue weighted by atomic mass is 10.3. The Morgan fingerprint density at radius 1 is 1.12 bits per heavy atom. The molecule has 2 aromatic rings. The maximum atomic E-state index is 5.87. The number of thioether (sulfide) groups is 1. The number of nitrogens with one attached hydrogen (secondary N) is 2. The normalized spacial score (nSPS) is 10.9. The zero-order valence-electron chi connectivity index (χ0n) is 13.1. The SMILES string of the molecule is CN=C(NCCSc1ccc(Cl)cc1)NCc1ccc(Cl)nc1.I. The van der Waals surface area contributed by atoms with Crippen LogP contribution in [0, 0.1) is 0 Å². The average Bonchev–Trinajstić information content (AvgIpc) is 2.57. The first-order valence-electron chi connectivity index (χ1n) is 7.10. The molecular formula is C16H19Cl2IN4S. The van der Waals surface area contributed by atoms with E-state index in [0.717, 1.165) is 28.8 Å². The van der Waals surface area contributed by atoms with Crippen LogP contribution in [0.1, 0.15) is 5.56 Å². The summed E-state index contributed by atoms with van der Waals surface area (Å²) in [5, 5.41) is 7.77. The molecule has 4 nitrogen and oxygen atoms in total. The molecule has 1 aromatic heterocycles. The van der Waals surface area contributed by atoms with Crippen LogP contribution in [0.4, 0.5) is 0 Å². The highest BCUT2D eigenvalue weighted by molar-refractivity contribution is 14.0. The predicted molar refractivity (Wildman–Crippen MR) is 115 cm³/mol. The highest BCUT2D eigenvalue weighted by atomic mass is 127. The van der Waals surface area contributed by atoms with Crippen molar-refractivity contribution in [2.45, 2.75) is 11.4 Å². The van der Waals surface area contributed by atoms with Crippen LogP contribution in [-0.4, -0.2) is 30.3 Å². The van der Waals surface area contributed by atoms with Gasteiger partial charge in [-0.3, -0.25) is 4.99 Å². The lowest BCUT2D eigenvalue weighted by molar-refractivity contribution is 0.829. The molecule has 0 spiro atoms. The first-order chi connectivity index (χ1) is 11.2. The summed E-state index contributed by atoms with van der Waals surface area (Å²) in [5.41, 5.74) is 1.05. The van der Waals surface area contributed by atoms with Crippen LogP contribution < -0.4 is 10.6 Å². The quantitative estimate of drug-likeness (QED) is 0.155. The maximum Gasteiger partial charge on any atom is 0.191 e. The van der Waals surface area contributed by atoms with E-state index in [1.54, 1.807) is 31.1 Å². The Hall–Kier alpha value is -0.700. The summed E-state index contributed by atoms with van der Waals surface area (Å²) in [4.78, 5) is 9.45. The third-order valence-electron chi connectivity index (χ3n) is 2.95. The lowest BCUT2D eigenvalue weighted by Crippen LogP contribution is -2.37. The Bertz CT molecular complexity index is 636. The molecule has 0 radical (unpaired) electrons. The number of halogens is 3. The summed E-state index contributed by atoms with van der Waals surface area (Å²) < 4.78 is 0. The number of pyridine rings is 1. The Kier molecular flexibility index (Phi) is 10.5. The molecular weight excluding hydrogens is 478 g/mol. The molecule has 0 aliphatic rings. The summed E-state index contributed by atoms with van der Waals surface area (Å²) in [6, 6.07) is 11.6. The van der Waals surface area contributed by atoms with Gasteiger partial charge < -0.3 is 10.6 Å². The van der Waals surface area contributed by atoms with E-state index < -0.39 is 0 Å². The van der Waals surface area contributed by atoms with Gasteiger partial charge in [-0.05, 0) is 35.9 Å². The van der Waals surface area contributed by atoms with Crippen molar-refractivity contribution in [3.8, 4) is 0 Å². The zero-order chi connectivity index (χ0) is 16.5. The second kappa shape index (κ2) is 11.8. The van der Waals surface area contributed by atoms with E-state index >= 15 is 0 Å². The lowest BCUT2D eigenvalue weighted by Gasteiger charge is -2.11. The monoisotopic (exact) mass is 496 g/mol. The largest absolute Gasteiger partial charge is 0.356 e. The van der Waals surface area contributed by atoms with Crippen molar-refractivity contribution >= 4 is 64.9 Å². The molecule has 0 fully saturated rings. The van der Waals surface area contributed by atoms with Gasteiger partial charge in [-0.1, -0.05) is 29.3 Å². The standard InChI is InChI=1S/C16H18Cl2N4S.HI/c1-19-16(22-11-12-2-7-15(18)21-10-12)20-8-9-23-14-5-3-13(17)4-6-14;/h2-7,10H,8-9,11H2,1H3,(H2,19,20,22);1H.